The van der Waals surface area contributed by atoms with Crippen molar-refractivity contribution in [2.75, 3.05) is 18.2 Å². The minimum Gasteiger partial charge on any atom is -0.479 e. The van der Waals surface area contributed by atoms with Crippen molar-refractivity contribution in [2.24, 2.45) is 0 Å². The minimum atomic E-state index is -4.77. The van der Waals surface area contributed by atoms with Crippen LogP contribution in [0.25, 0.3) is 0 Å². The largest absolute Gasteiger partial charge is 0.573 e. The highest BCUT2D eigenvalue weighted by molar-refractivity contribution is 5.66. The number of methoxy groups -OCH3 is 1. The SMILES string of the molecule is COc1nc(Nc2ccccc2OC(F)(F)F)ccc1N. The normalized spacial score (nSPS) is 11.0. The Hall–Kier alpha value is -2.64. The summed E-state index contributed by atoms with van der Waals surface area (Å²) >= 11 is 0. The standard InChI is InChI=1S/C13H12F3N3O2/c1-20-12-8(17)6-7-11(19-12)18-9-4-2-3-5-10(9)21-13(14,15)16/h2-7H,17H2,1H3,(H,18,19). The van der Waals surface area contributed by atoms with E-state index in [4.69, 9.17) is 10.5 Å². The summed E-state index contributed by atoms with van der Waals surface area (Å²) in [5.74, 6) is 0.0936. The van der Waals surface area contributed by atoms with E-state index in [0.717, 1.165) is 0 Å². The molecule has 0 radical (unpaired) electrons. The highest BCUT2D eigenvalue weighted by Crippen LogP contribution is 2.32. The van der Waals surface area contributed by atoms with Crippen LogP contribution in [0.3, 0.4) is 0 Å². The number of ether oxygens (including phenoxy) is 2. The quantitative estimate of drug-likeness (QED) is 0.906. The molecule has 8 heteroatoms. The number of nitrogens with two attached hydrogens (primary N) is 1. The third-order valence-electron chi connectivity index (χ3n) is 2.46. The number of nitrogen functional groups attached to an aromatic ring is 1. The first-order chi connectivity index (χ1) is 9.89. The molecule has 2 rings (SSSR count). The number of nitrogens with zero attached hydrogens (tertiary/aromatic N) is 1. The molecular weight excluding hydrogens is 287 g/mol. The number of rotatable bonds is 4. The smallest absolute Gasteiger partial charge is 0.479 e. The molecular formula is C13H12F3N3O2. The molecule has 0 aliphatic rings. The molecule has 0 spiro atoms. The van der Waals surface area contributed by atoms with E-state index in [1.807, 2.05) is 0 Å². The lowest BCUT2D eigenvalue weighted by atomic mass is 10.3. The van der Waals surface area contributed by atoms with Gasteiger partial charge in [0.25, 0.3) is 0 Å². The summed E-state index contributed by atoms with van der Waals surface area (Å²) < 4.78 is 45.9. The van der Waals surface area contributed by atoms with Crippen LogP contribution in [-0.2, 0) is 0 Å². The van der Waals surface area contributed by atoms with Crippen molar-refractivity contribution in [2.45, 2.75) is 6.36 Å². The second kappa shape index (κ2) is 5.78. The monoisotopic (exact) mass is 299 g/mol. The molecule has 0 aliphatic heterocycles. The number of benzene rings is 1. The van der Waals surface area contributed by atoms with Crippen LogP contribution in [0.4, 0.5) is 30.4 Å². The van der Waals surface area contributed by atoms with E-state index in [0.29, 0.717) is 5.69 Å². The number of hydrogen-bond donors (Lipinski definition) is 2. The summed E-state index contributed by atoms with van der Waals surface area (Å²) in [4.78, 5) is 4.03. The van der Waals surface area contributed by atoms with Crippen molar-refractivity contribution < 1.29 is 22.6 Å². The first-order valence-corrected chi connectivity index (χ1v) is 5.81. The Labute approximate surface area is 118 Å². The summed E-state index contributed by atoms with van der Waals surface area (Å²) in [5, 5.41) is 2.73. The van der Waals surface area contributed by atoms with Crippen LogP contribution < -0.4 is 20.5 Å². The average Bonchev–Trinajstić information content (AvgIpc) is 2.41. The lowest BCUT2D eigenvalue weighted by Gasteiger charge is -2.14. The van der Waals surface area contributed by atoms with E-state index in [-0.39, 0.29) is 23.1 Å². The van der Waals surface area contributed by atoms with Gasteiger partial charge in [-0.05, 0) is 24.3 Å². The summed E-state index contributed by atoms with van der Waals surface area (Å²) in [7, 11) is 1.39. The Morgan fingerprint density at radius 2 is 1.86 bits per heavy atom. The van der Waals surface area contributed by atoms with Gasteiger partial charge in [-0.3, -0.25) is 0 Å². The van der Waals surface area contributed by atoms with Crippen molar-refractivity contribution in [3.63, 3.8) is 0 Å². The Kier molecular flexibility index (Phi) is 4.06. The number of nitrogens with one attached hydrogen (secondary N) is 1. The van der Waals surface area contributed by atoms with E-state index in [2.05, 4.69) is 15.0 Å². The molecule has 0 saturated carbocycles. The number of alkyl halides is 3. The molecule has 2 aromatic rings. The summed E-state index contributed by atoms with van der Waals surface area (Å²) in [6, 6.07) is 8.68. The molecule has 3 N–H and O–H groups in total. The molecule has 21 heavy (non-hydrogen) atoms. The number of para-hydroxylation sites is 2. The number of anilines is 3. The van der Waals surface area contributed by atoms with Gasteiger partial charge in [0.15, 0.2) is 5.75 Å². The maximum absolute atomic E-state index is 12.3. The molecule has 112 valence electrons. The molecule has 5 nitrogen and oxygen atoms in total. The first-order valence-electron chi connectivity index (χ1n) is 5.81. The first kappa shape index (κ1) is 14.8. The Morgan fingerprint density at radius 3 is 2.52 bits per heavy atom. The van der Waals surface area contributed by atoms with Crippen molar-refractivity contribution in [3.05, 3.63) is 36.4 Å². The van der Waals surface area contributed by atoms with Gasteiger partial charge in [-0.25, -0.2) is 0 Å². The third-order valence-corrected chi connectivity index (χ3v) is 2.46. The fourth-order valence-electron chi connectivity index (χ4n) is 1.61. The third kappa shape index (κ3) is 3.91. The fourth-order valence-corrected chi connectivity index (χ4v) is 1.61. The average molecular weight is 299 g/mol. The maximum atomic E-state index is 12.3. The lowest BCUT2D eigenvalue weighted by molar-refractivity contribution is -0.274. The number of aromatic nitrogens is 1. The Balaban J connectivity index is 2.27. The van der Waals surface area contributed by atoms with Gasteiger partial charge in [-0.15, -0.1) is 13.2 Å². The highest BCUT2D eigenvalue weighted by Gasteiger charge is 2.32. The minimum absolute atomic E-state index is 0.120. The molecule has 1 aromatic heterocycles. The van der Waals surface area contributed by atoms with Crippen molar-refractivity contribution >= 4 is 17.2 Å². The molecule has 0 amide bonds. The van der Waals surface area contributed by atoms with Gasteiger partial charge in [0.1, 0.15) is 5.82 Å². The number of pyridine rings is 1. The fraction of sp³-hybridized carbons (Fsp3) is 0.154. The van der Waals surface area contributed by atoms with E-state index >= 15 is 0 Å². The molecule has 0 unspecified atom stereocenters. The van der Waals surface area contributed by atoms with Gasteiger partial charge < -0.3 is 20.5 Å². The lowest BCUT2D eigenvalue weighted by Crippen LogP contribution is -2.17. The van der Waals surface area contributed by atoms with Crippen molar-refractivity contribution in [1.29, 1.82) is 0 Å². The summed E-state index contributed by atoms with van der Waals surface area (Å²) in [6.07, 6.45) is -4.77. The predicted molar refractivity (Wildman–Crippen MR) is 71.6 cm³/mol. The van der Waals surface area contributed by atoms with Gasteiger partial charge in [0.05, 0.1) is 18.5 Å². The van der Waals surface area contributed by atoms with E-state index in [9.17, 15) is 13.2 Å². The van der Waals surface area contributed by atoms with Gasteiger partial charge >= 0.3 is 6.36 Å². The van der Waals surface area contributed by atoms with Crippen LogP contribution in [0.5, 0.6) is 11.6 Å². The van der Waals surface area contributed by atoms with E-state index in [1.54, 1.807) is 6.07 Å². The molecule has 0 aliphatic carbocycles. The highest BCUT2D eigenvalue weighted by atomic mass is 19.4. The van der Waals surface area contributed by atoms with Gasteiger partial charge in [-0.2, -0.15) is 4.98 Å². The number of halogens is 3. The predicted octanol–water partition coefficient (Wildman–Crippen LogP) is 3.31. The second-order valence-electron chi connectivity index (χ2n) is 3.96. The van der Waals surface area contributed by atoms with Crippen molar-refractivity contribution in [3.8, 4) is 11.6 Å². The van der Waals surface area contributed by atoms with Crippen LogP contribution in [0.1, 0.15) is 0 Å². The van der Waals surface area contributed by atoms with Crippen LogP contribution in [0, 0.1) is 0 Å². The van der Waals surface area contributed by atoms with Crippen LogP contribution in [0.15, 0.2) is 36.4 Å². The molecule has 1 heterocycles. The zero-order valence-corrected chi connectivity index (χ0v) is 10.9. The molecule has 0 fully saturated rings. The molecule has 0 atom stereocenters. The van der Waals surface area contributed by atoms with Crippen molar-refractivity contribution in [1.82, 2.24) is 4.98 Å². The second-order valence-corrected chi connectivity index (χ2v) is 3.96. The molecule has 0 bridgehead atoms. The molecule has 0 saturated heterocycles. The zero-order valence-electron chi connectivity index (χ0n) is 10.9. The van der Waals surface area contributed by atoms with E-state index < -0.39 is 6.36 Å². The van der Waals surface area contributed by atoms with Crippen LogP contribution in [-0.4, -0.2) is 18.5 Å². The van der Waals surface area contributed by atoms with Gasteiger partial charge in [0.2, 0.25) is 5.88 Å². The van der Waals surface area contributed by atoms with Crippen LogP contribution in [0.2, 0.25) is 0 Å². The Morgan fingerprint density at radius 1 is 1.14 bits per heavy atom. The maximum Gasteiger partial charge on any atom is 0.573 e. The zero-order chi connectivity index (χ0) is 15.5. The Bertz CT molecular complexity index is 632. The molecule has 1 aromatic carbocycles. The van der Waals surface area contributed by atoms with E-state index in [1.165, 1.54) is 37.4 Å². The van der Waals surface area contributed by atoms with Crippen LogP contribution >= 0.6 is 0 Å². The van der Waals surface area contributed by atoms with Gasteiger partial charge in [-0.1, -0.05) is 12.1 Å². The van der Waals surface area contributed by atoms with Gasteiger partial charge in [0, 0.05) is 0 Å². The number of hydrogen-bond acceptors (Lipinski definition) is 5. The topological polar surface area (TPSA) is 69.4 Å². The summed E-state index contributed by atoms with van der Waals surface area (Å²) in [6.45, 7) is 0. The summed E-state index contributed by atoms with van der Waals surface area (Å²) in [5.41, 5.74) is 6.06.